The number of thiol groups is 1. The number of furan rings is 1. The Morgan fingerprint density at radius 2 is 2.05 bits per heavy atom. The molecule has 0 spiro atoms. The molecular weight excluding hydrogens is 376 g/mol. The molecule has 104 valence electrons. The Kier molecular flexibility index (Phi) is 2.95. The number of nitrogens with zero attached hydrogens (tertiary/aromatic N) is 4. The van der Waals surface area contributed by atoms with E-state index in [9.17, 15) is 0 Å². The maximum atomic E-state index is 6.06. The molecule has 5 nitrogen and oxygen atoms in total. The molecule has 0 aliphatic rings. The second-order valence-electron chi connectivity index (χ2n) is 4.35. The molecule has 0 saturated heterocycles. The largest absolute Gasteiger partial charge is 0.446 e. The molecule has 0 fully saturated rings. The van der Waals surface area contributed by atoms with E-state index in [0.717, 1.165) is 10.9 Å². The molecule has 0 aliphatic carbocycles. The fourth-order valence-electron chi connectivity index (χ4n) is 2.10. The summed E-state index contributed by atoms with van der Waals surface area (Å²) in [5.74, 6) is 1.03. The second-order valence-corrected chi connectivity index (χ2v) is 5.97. The average Bonchev–Trinajstić information content (AvgIpc) is 3.06. The van der Waals surface area contributed by atoms with Gasteiger partial charge in [-0.3, -0.25) is 0 Å². The van der Waals surface area contributed by atoms with E-state index in [4.69, 9.17) is 16.0 Å². The predicted octanol–water partition coefficient (Wildman–Crippen LogP) is 4.24. The summed E-state index contributed by atoms with van der Waals surface area (Å²) in [6.07, 6.45) is 0. The first kappa shape index (κ1) is 13.1. The summed E-state index contributed by atoms with van der Waals surface area (Å²) in [5, 5.41) is 6.26. The van der Waals surface area contributed by atoms with Gasteiger partial charge in [-0.2, -0.15) is 4.52 Å². The van der Waals surface area contributed by atoms with Crippen LogP contribution in [0.2, 0.25) is 5.02 Å². The molecule has 0 saturated carbocycles. The van der Waals surface area contributed by atoms with Crippen LogP contribution in [0.5, 0.6) is 0 Å². The second kappa shape index (κ2) is 4.72. The topological polar surface area (TPSA) is 56.2 Å². The highest BCUT2D eigenvalue weighted by atomic mass is 79.9. The van der Waals surface area contributed by atoms with E-state index in [0.29, 0.717) is 32.1 Å². The SMILES string of the molecule is Sc1nc2ccc(Cl)cc2c2nc(-c3ccc(Br)o3)nn12. The molecule has 0 atom stereocenters. The van der Waals surface area contributed by atoms with Crippen LogP contribution in [-0.4, -0.2) is 19.6 Å². The monoisotopic (exact) mass is 380 g/mol. The molecule has 1 aromatic carbocycles. The Labute approximate surface area is 137 Å². The third kappa shape index (κ3) is 2.12. The molecule has 4 rings (SSSR count). The van der Waals surface area contributed by atoms with Crippen LogP contribution in [0.3, 0.4) is 0 Å². The summed E-state index contributed by atoms with van der Waals surface area (Å²) in [6, 6.07) is 9.00. The van der Waals surface area contributed by atoms with Gasteiger partial charge < -0.3 is 4.42 Å². The van der Waals surface area contributed by atoms with E-state index in [1.54, 1.807) is 22.7 Å². The van der Waals surface area contributed by atoms with E-state index in [1.807, 2.05) is 12.1 Å². The van der Waals surface area contributed by atoms with Crippen molar-refractivity contribution >= 4 is 56.7 Å². The minimum Gasteiger partial charge on any atom is -0.446 e. The maximum Gasteiger partial charge on any atom is 0.218 e. The molecule has 0 bridgehead atoms. The van der Waals surface area contributed by atoms with Gasteiger partial charge >= 0.3 is 0 Å². The van der Waals surface area contributed by atoms with Crippen LogP contribution in [0, 0.1) is 0 Å². The lowest BCUT2D eigenvalue weighted by molar-refractivity contribution is 0.551. The van der Waals surface area contributed by atoms with Crippen LogP contribution < -0.4 is 0 Å². The fraction of sp³-hybridized carbons (Fsp3) is 0. The van der Waals surface area contributed by atoms with Gasteiger partial charge in [-0.15, -0.1) is 17.7 Å². The normalized spacial score (nSPS) is 11.6. The zero-order valence-corrected chi connectivity index (χ0v) is 13.5. The highest BCUT2D eigenvalue weighted by Gasteiger charge is 2.15. The quantitative estimate of drug-likeness (QED) is 0.396. The van der Waals surface area contributed by atoms with Crippen molar-refractivity contribution in [3.05, 3.63) is 40.0 Å². The summed E-state index contributed by atoms with van der Waals surface area (Å²) < 4.78 is 7.66. The van der Waals surface area contributed by atoms with Crippen molar-refractivity contribution in [2.45, 2.75) is 5.16 Å². The van der Waals surface area contributed by atoms with Gasteiger partial charge in [0.1, 0.15) is 0 Å². The molecule has 4 aromatic rings. The number of aromatic nitrogens is 4. The molecule has 8 heteroatoms. The molecular formula is C13H6BrClN4OS. The average molecular weight is 382 g/mol. The van der Waals surface area contributed by atoms with Crippen molar-refractivity contribution in [2.24, 2.45) is 0 Å². The standard InChI is InChI=1S/C13H6BrClN4OS/c14-10-4-3-9(20-10)11-17-12-7-5-6(15)1-2-8(7)16-13(21)19(12)18-11/h1-5H,(H,16,21). The molecule has 3 aromatic heterocycles. The first-order valence-corrected chi connectivity index (χ1v) is 7.54. The first-order valence-electron chi connectivity index (χ1n) is 5.92. The van der Waals surface area contributed by atoms with Crippen molar-refractivity contribution < 1.29 is 4.42 Å². The van der Waals surface area contributed by atoms with Crippen molar-refractivity contribution in [1.82, 2.24) is 19.6 Å². The lowest BCUT2D eigenvalue weighted by Crippen LogP contribution is -1.95. The molecule has 21 heavy (non-hydrogen) atoms. The van der Waals surface area contributed by atoms with Gasteiger partial charge in [0, 0.05) is 10.4 Å². The summed E-state index contributed by atoms with van der Waals surface area (Å²) in [7, 11) is 0. The third-order valence-electron chi connectivity index (χ3n) is 3.01. The van der Waals surface area contributed by atoms with Gasteiger partial charge in [-0.05, 0) is 46.3 Å². The van der Waals surface area contributed by atoms with Gasteiger partial charge in [0.2, 0.25) is 5.82 Å². The van der Waals surface area contributed by atoms with Crippen molar-refractivity contribution in [1.29, 1.82) is 0 Å². The zero-order chi connectivity index (χ0) is 14.6. The van der Waals surface area contributed by atoms with Crippen LogP contribution in [0.15, 0.2) is 44.6 Å². The number of benzene rings is 1. The van der Waals surface area contributed by atoms with Crippen LogP contribution in [0.1, 0.15) is 0 Å². The lowest BCUT2D eigenvalue weighted by Gasteiger charge is -2.01. The van der Waals surface area contributed by atoms with E-state index in [-0.39, 0.29) is 0 Å². The van der Waals surface area contributed by atoms with Gasteiger partial charge in [0.05, 0.1) is 5.52 Å². The minimum atomic E-state index is 0.448. The maximum absolute atomic E-state index is 6.06. The summed E-state index contributed by atoms with van der Waals surface area (Å²) in [6.45, 7) is 0. The molecule has 0 amide bonds. The van der Waals surface area contributed by atoms with Crippen LogP contribution >= 0.6 is 40.2 Å². The Bertz CT molecular complexity index is 997. The summed E-state index contributed by atoms with van der Waals surface area (Å²) >= 11 is 13.7. The van der Waals surface area contributed by atoms with Crippen LogP contribution in [0.4, 0.5) is 0 Å². The Balaban J connectivity index is 2.08. The van der Waals surface area contributed by atoms with Gasteiger partial charge in [-0.25, -0.2) is 9.97 Å². The lowest BCUT2D eigenvalue weighted by atomic mass is 10.2. The fourth-order valence-corrected chi connectivity index (χ4v) is 2.83. The van der Waals surface area contributed by atoms with E-state index < -0.39 is 0 Å². The van der Waals surface area contributed by atoms with Crippen molar-refractivity contribution in [2.75, 3.05) is 0 Å². The predicted molar refractivity (Wildman–Crippen MR) is 86.0 cm³/mol. The van der Waals surface area contributed by atoms with E-state index in [1.165, 1.54) is 0 Å². The number of fused-ring (bicyclic) bond motifs is 3. The molecule has 0 radical (unpaired) electrons. The Morgan fingerprint density at radius 1 is 1.19 bits per heavy atom. The van der Waals surface area contributed by atoms with Crippen molar-refractivity contribution in [3.8, 4) is 11.6 Å². The third-order valence-corrected chi connectivity index (χ3v) is 3.96. The van der Waals surface area contributed by atoms with Gasteiger partial charge in [0.15, 0.2) is 21.2 Å². The number of halogens is 2. The number of hydrogen-bond acceptors (Lipinski definition) is 5. The van der Waals surface area contributed by atoms with Crippen LogP contribution in [0.25, 0.3) is 28.1 Å². The minimum absolute atomic E-state index is 0.448. The molecule has 0 aliphatic heterocycles. The summed E-state index contributed by atoms with van der Waals surface area (Å²) in [4.78, 5) is 8.90. The molecule has 3 heterocycles. The highest BCUT2D eigenvalue weighted by Crippen LogP contribution is 2.27. The smallest absolute Gasteiger partial charge is 0.218 e. The van der Waals surface area contributed by atoms with E-state index in [2.05, 4.69) is 43.6 Å². The molecule has 0 N–H and O–H groups in total. The number of hydrogen-bond donors (Lipinski definition) is 1. The zero-order valence-electron chi connectivity index (χ0n) is 10.3. The Hall–Kier alpha value is -1.57. The van der Waals surface area contributed by atoms with Gasteiger partial charge in [0.25, 0.3) is 0 Å². The molecule has 0 unspecified atom stereocenters. The van der Waals surface area contributed by atoms with Crippen molar-refractivity contribution in [3.63, 3.8) is 0 Å². The summed E-state index contributed by atoms with van der Waals surface area (Å²) in [5.41, 5.74) is 1.39. The van der Waals surface area contributed by atoms with Crippen LogP contribution in [-0.2, 0) is 0 Å². The first-order chi connectivity index (χ1) is 10.1. The number of rotatable bonds is 1. The Morgan fingerprint density at radius 3 is 2.81 bits per heavy atom. The van der Waals surface area contributed by atoms with E-state index >= 15 is 0 Å². The highest BCUT2D eigenvalue weighted by molar-refractivity contribution is 9.10. The van der Waals surface area contributed by atoms with Gasteiger partial charge in [-0.1, -0.05) is 11.6 Å².